The molecule has 0 amide bonds. The Morgan fingerprint density at radius 3 is 1.94 bits per heavy atom. The summed E-state index contributed by atoms with van der Waals surface area (Å²) in [6, 6.07) is 54.2. The molecule has 0 fully saturated rings. The predicted molar refractivity (Wildman–Crippen MR) is 197 cm³/mol. The van der Waals surface area contributed by atoms with E-state index < -0.39 is 0 Å². The summed E-state index contributed by atoms with van der Waals surface area (Å²) in [4.78, 5) is 0. The maximum absolute atomic E-state index is 10.2. The Hall–Kier alpha value is -7.08. The van der Waals surface area contributed by atoms with E-state index in [-0.39, 0.29) is 0 Å². The molecule has 0 aliphatic heterocycles. The Bertz CT molecular complexity index is 3090. The number of hydrogen-bond acceptors (Lipinski definition) is 3. The van der Waals surface area contributed by atoms with E-state index in [2.05, 4.69) is 112 Å². The van der Waals surface area contributed by atoms with Gasteiger partial charge in [-0.15, -0.1) is 0 Å². The summed E-state index contributed by atoms with van der Waals surface area (Å²) in [5.41, 5.74) is 11.0. The van der Waals surface area contributed by atoms with Crippen LogP contribution in [-0.4, -0.2) is 9.13 Å². The van der Waals surface area contributed by atoms with Crippen LogP contribution in [0.15, 0.2) is 150 Å². The van der Waals surface area contributed by atoms with E-state index in [0.717, 1.165) is 88.1 Å². The number of aromatic nitrogens is 2. The molecular weight excluding hydrogens is 601 g/mol. The van der Waals surface area contributed by atoms with Gasteiger partial charge in [-0.1, -0.05) is 66.7 Å². The molecule has 226 valence electrons. The highest BCUT2D eigenvalue weighted by molar-refractivity contribution is 6.23. The van der Waals surface area contributed by atoms with E-state index in [0.29, 0.717) is 11.1 Å². The van der Waals surface area contributed by atoms with Crippen molar-refractivity contribution >= 4 is 65.6 Å². The summed E-state index contributed by atoms with van der Waals surface area (Å²) in [6.45, 7) is 0. The standard InChI is InChI=1S/C44H24N4O/c45-25-27-16-18-40-37(22-27)33-10-1-4-13-38(33)48(40)32-21-28(26-46)20-30(24-32)29-8-7-9-31(23-29)47-39-14-5-2-12-36(39)43-41(47)19-17-35-34-11-3-6-15-42(34)49-44(35)43/h1-24H. The SMILES string of the molecule is N#Cc1cc(-c2cccc(-n3c4ccccc4c4c5oc6ccccc6c5ccc43)c2)cc(-n2c3ccccc3c3cc(C#N)ccc32)c1. The molecule has 0 N–H and O–H groups in total. The Labute approximate surface area is 280 Å². The molecule has 0 atom stereocenters. The van der Waals surface area contributed by atoms with Crippen molar-refractivity contribution < 1.29 is 4.42 Å². The number of rotatable bonds is 3. The second-order valence-electron chi connectivity index (χ2n) is 12.4. The lowest BCUT2D eigenvalue weighted by Crippen LogP contribution is -1.97. The Balaban J connectivity index is 1.19. The zero-order valence-electron chi connectivity index (χ0n) is 26.1. The molecule has 0 bridgehead atoms. The van der Waals surface area contributed by atoms with E-state index in [9.17, 15) is 10.5 Å². The minimum Gasteiger partial charge on any atom is -0.455 e. The van der Waals surface area contributed by atoms with Crippen LogP contribution in [0.3, 0.4) is 0 Å². The van der Waals surface area contributed by atoms with Gasteiger partial charge in [0.05, 0.1) is 50.7 Å². The summed E-state index contributed by atoms with van der Waals surface area (Å²) in [7, 11) is 0. The van der Waals surface area contributed by atoms with Crippen LogP contribution in [-0.2, 0) is 0 Å². The molecule has 7 aromatic carbocycles. The average molecular weight is 625 g/mol. The van der Waals surface area contributed by atoms with Gasteiger partial charge in [0.1, 0.15) is 11.2 Å². The number of fused-ring (bicyclic) bond motifs is 10. The number of para-hydroxylation sites is 3. The van der Waals surface area contributed by atoms with Crippen LogP contribution in [0, 0.1) is 22.7 Å². The second-order valence-corrected chi connectivity index (χ2v) is 12.4. The van der Waals surface area contributed by atoms with Gasteiger partial charge in [0.2, 0.25) is 0 Å². The normalized spacial score (nSPS) is 11.6. The lowest BCUT2D eigenvalue weighted by atomic mass is 10.0. The van der Waals surface area contributed by atoms with Gasteiger partial charge in [0.25, 0.3) is 0 Å². The third-order valence-electron chi connectivity index (χ3n) is 9.72. The molecule has 10 aromatic rings. The molecular formula is C44H24N4O. The second kappa shape index (κ2) is 10.2. The van der Waals surface area contributed by atoms with E-state index in [1.54, 1.807) is 0 Å². The van der Waals surface area contributed by atoms with E-state index in [4.69, 9.17) is 4.42 Å². The minimum absolute atomic E-state index is 0.571. The molecule has 49 heavy (non-hydrogen) atoms. The van der Waals surface area contributed by atoms with Gasteiger partial charge < -0.3 is 13.6 Å². The van der Waals surface area contributed by atoms with Gasteiger partial charge in [0, 0.05) is 38.3 Å². The molecule has 0 radical (unpaired) electrons. The number of hydrogen-bond donors (Lipinski definition) is 0. The van der Waals surface area contributed by atoms with Crippen LogP contribution in [0.4, 0.5) is 0 Å². The molecule has 0 spiro atoms. The quantitative estimate of drug-likeness (QED) is 0.196. The molecule has 5 heteroatoms. The van der Waals surface area contributed by atoms with Crippen molar-refractivity contribution in [3.63, 3.8) is 0 Å². The topological polar surface area (TPSA) is 70.6 Å². The Kier molecular flexibility index (Phi) is 5.64. The number of nitrogens with zero attached hydrogens (tertiary/aromatic N) is 4. The maximum atomic E-state index is 10.2. The summed E-state index contributed by atoms with van der Waals surface area (Å²) < 4.78 is 11.0. The highest BCUT2D eigenvalue weighted by Crippen LogP contribution is 2.41. The van der Waals surface area contributed by atoms with Crippen molar-refractivity contribution in [2.24, 2.45) is 0 Å². The first-order valence-corrected chi connectivity index (χ1v) is 16.1. The fourth-order valence-electron chi connectivity index (χ4n) is 7.63. The van der Waals surface area contributed by atoms with E-state index in [1.807, 2.05) is 54.6 Å². The van der Waals surface area contributed by atoms with Crippen LogP contribution >= 0.6 is 0 Å². The molecule has 0 aliphatic rings. The third kappa shape index (κ3) is 3.91. The Morgan fingerprint density at radius 2 is 1.10 bits per heavy atom. The summed E-state index contributed by atoms with van der Waals surface area (Å²) >= 11 is 0. The van der Waals surface area contributed by atoms with Crippen LogP contribution < -0.4 is 0 Å². The minimum atomic E-state index is 0.571. The molecule has 0 aliphatic carbocycles. The van der Waals surface area contributed by atoms with Gasteiger partial charge >= 0.3 is 0 Å². The van der Waals surface area contributed by atoms with Crippen molar-refractivity contribution in [2.75, 3.05) is 0 Å². The number of furan rings is 1. The van der Waals surface area contributed by atoms with Crippen molar-refractivity contribution in [1.29, 1.82) is 10.5 Å². The first-order valence-electron chi connectivity index (χ1n) is 16.1. The highest BCUT2D eigenvalue weighted by atomic mass is 16.3. The lowest BCUT2D eigenvalue weighted by molar-refractivity contribution is 0.673. The van der Waals surface area contributed by atoms with Crippen LogP contribution in [0.1, 0.15) is 11.1 Å². The predicted octanol–water partition coefficient (Wildman–Crippen LogP) is 11.2. The van der Waals surface area contributed by atoms with E-state index >= 15 is 0 Å². The molecule has 3 aromatic heterocycles. The first kappa shape index (κ1) is 27.1. The van der Waals surface area contributed by atoms with Crippen LogP contribution in [0.25, 0.3) is 88.1 Å². The third-order valence-corrected chi connectivity index (χ3v) is 9.72. The highest BCUT2D eigenvalue weighted by Gasteiger charge is 2.19. The van der Waals surface area contributed by atoms with Gasteiger partial charge in [-0.05, 0) is 90.0 Å². The van der Waals surface area contributed by atoms with Crippen molar-refractivity contribution in [3.8, 4) is 34.6 Å². The van der Waals surface area contributed by atoms with Gasteiger partial charge in [-0.2, -0.15) is 10.5 Å². The molecule has 0 unspecified atom stereocenters. The first-order chi connectivity index (χ1) is 24.2. The average Bonchev–Trinajstić information content (AvgIpc) is 3.82. The van der Waals surface area contributed by atoms with Crippen molar-refractivity contribution in [3.05, 3.63) is 157 Å². The zero-order valence-corrected chi connectivity index (χ0v) is 26.1. The summed E-state index contributed by atoms with van der Waals surface area (Å²) in [5, 5.41) is 26.3. The Morgan fingerprint density at radius 1 is 0.429 bits per heavy atom. The maximum Gasteiger partial charge on any atom is 0.145 e. The fraction of sp³-hybridized carbons (Fsp3) is 0. The van der Waals surface area contributed by atoms with Gasteiger partial charge in [0.15, 0.2) is 0 Å². The molecule has 0 saturated heterocycles. The van der Waals surface area contributed by atoms with Crippen LogP contribution in [0.2, 0.25) is 0 Å². The van der Waals surface area contributed by atoms with Gasteiger partial charge in [-0.25, -0.2) is 0 Å². The summed E-state index contributed by atoms with van der Waals surface area (Å²) in [5.74, 6) is 0. The number of nitriles is 2. The molecule has 10 rings (SSSR count). The lowest BCUT2D eigenvalue weighted by Gasteiger charge is -2.13. The fourth-order valence-corrected chi connectivity index (χ4v) is 7.63. The van der Waals surface area contributed by atoms with Crippen molar-refractivity contribution in [1.82, 2.24) is 9.13 Å². The number of benzene rings is 7. The summed E-state index contributed by atoms with van der Waals surface area (Å²) in [6.07, 6.45) is 0. The largest absolute Gasteiger partial charge is 0.455 e. The van der Waals surface area contributed by atoms with E-state index in [1.165, 1.54) is 0 Å². The molecule has 0 saturated carbocycles. The van der Waals surface area contributed by atoms with Crippen LogP contribution in [0.5, 0.6) is 0 Å². The molecule has 3 heterocycles. The zero-order chi connectivity index (χ0) is 32.6. The van der Waals surface area contributed by atoms with Crippen molar-refractivity contribution in [2.45, 2.75) is 0 Å². The smallest absolute Gasteiger partial charge is 0.145 e. The monoisotopic (exact) mass is 624 g/mol. The molecule has 5 nitrogen and oxygen atoms in total. The van der Waals surface area contributed by atoms with Gasteiger partial charge in [-0.3, -0.25) is 0 Å².